The number of aryl methyl sites for hydroxylation is 2. The predicted molar refractivity (Wildman–Crippen MR) is 122 cm³/mol. The van der Waals surface area contributed by atoms with Gasteiger partial charge >= 0.3 is 6.18 Å². The summed E-state index contributed by atoms with van der Waals surface area (Å²) in [6.45, 7) is 2.62. The number of hydrogen-bond acceptors (Lipinski definition) is 5. The van der Waals surface area contributed by atoms with Gasteiger partial charge in [0.15, 0.2) is 0 Å². The molecule has 7 nitrogen and oxygen atoms in total. The lowest BCUT2D eigenvalue weighted by molar-refractivity contribution is -0.190. The highest BCUT2D eigenvalue weighted by molar-refractivity contribution is 5.28. The molecule has 35 heavy (non-hydrogen) atoms. The molecular formula is C24H34F4N6O. The Bertz CT molecular complexity index is 1010. The van der Waals surface area contributed by atoms with Gasteiger partial charge in [0.2, 0.25) is 5.95 Å². The molecule has 0 saturated heterocycles. The molecule has 2 fully saturated rings. The number of hydrogen-bond donors (Lipinski definition) is 1. The van der Waals surface area contributed by atoms with Crippen LogP contribution < -0.4 is 5.32 Å². The Labute approximate surface area is 202 Å². The van der Waals surface area contributed by atoms with Crippen molar-refractivity contribution in [3.63, 3.8) is 0 Å². The molecule has 1 aliphatic heterocycles. The molecule has 0 bridgehead atoms. The van der Waals surface area contributed by atoms with E-state index in [9.17, 15) is 17.6 Å². The maximum Gasteiger partial charge on any atom is 0.391 e. The van der Waals surface area contributed by atoms with Gasteiger partial charge in [-0.1, -0.05) is 0 Å². The highest BCUT2D eigenvalue weighted by Gasteiger charge is 2.48. The Hall–Kier alpha value is -2.17. The van der Waals surface area contributed by atoms with Gasteiger partial charge in [-0.15, -0.1) is 5.10 Å². The van der Waals surface area contributed by atoms with Crippen molar-refractivity contribution in [3.8, 4) is 0 Å². The van der Waals surface area contributed by atoms with E-state index in [1.54, 1.807) is 11.8 Å². The van der Waals surface area contributed by atoms with Crippen molar-refractivity contribution < 1.29 is 22.3 Å². The Kier molecular flexibility index (Phi) is 6.80. The molecule has 0 aromatic carbocycles. The van der Waals surface area contributed by atoms with Gasteiger partial charge in [0.1, 0.15) is 12.0 Å². The normalized spacial score (nSPS) is 33.9. The van der Waals surface area contributed by atoms with Crippen molar-refractivity contribution in [1.29, 1.82) is 0 Å². The second kappa shape index (κ2) is 9.71. The summed E-state index contributed by atoms with van der Waals surface area (Å²) < 4.78 is 64.7. The molecule has 194 valence electrons. The van der Waals surface area contributed by atoms with Crippen LogP contribution in [-0.2, 0) is 11.3 Å². The van der Waals surface area contributed by atoms with Crippen LogP contribution >= 0.6 is 0 Å². The summed E-state index contributed by atoms with van der Waals surface area (Å²) >= 11 is 0. The van der Waals surface area contributed by atoms with Crippen LogP contribution in [0, 0.1) is 18.8 Å². The van der Waals surface area contributed by atoms with Crippen LogP contribution in [0.1, 0.15) is 74.8 Å². The molecule has 0 radical (unpaired) electrons. The Morgan fingerprint density at radius 1 is 1.11 bits per heavy atom. The van der Waals surface area contributed by atoms with Gasteiger partial charge < -0.3 is 14.6 Å². The molecule has 0 spiro atoms. The van der Waals surface area contributed by atoms with E-state index >= 15 is 0 Å². The smallest absolute Gasteiger partial charge is 0.379 e. The molecule has 2 aromatic heterocycles. The molecule has 3 heterocycles. The van der Waals surface area contributed by atoms with Crippen molar-refractivity contribution in [2.24, 2.45) is 11.8 Å². The number of imidazole rings is 1. The highest BCUT2D eigenvalue weighted by atomic mass is 19.4. The number of methoxy groups -OCH3 is 1. The number of fused-ring (bicyclic) bond motifs is 1. The lowest BCUT2D eigenvalue weighted by Gasteiger charge is -2.38. The van der Waals surface area contributed by atoms with E-state index < -0.39 is 24.2 Å². The second-order valence-corrected chi connectivity index (χ2v) is 10.5. The first kappa shape index (κ1) is 24.5. The number of rotatable bonds is 5. The van der Waals surface area contributed by atoms with Crippen LogP contribution in [0.5, 0.6) is 0 Å². The first-order chi connectivity index (χ1) is 16.7. The first-order valence-corrected chi connectivity index (χ1v) is 12.7. The summed E-state index contributed by atoms with van der Waals surface area (Å²) in [6, 6.07) is 0.322. The summed E-state index contributed by atoms with van der Waals surface area (Å²) in [5.74, 6) is -1.34. The van der Waals surface area contributed by atoms with Gasteiger partial charge in [0, 0.05) is 37.7 Å². The van der Waals surface area contributed by atoms with Crippen molar-refractivity contribution in [2.75, 3.05) is 12.4 Å². The predicted octanol–water partition coefficient (Wildman–Crippen LogP) is 5.20. The SMILES string of the molecule is COC1CC(Nc2nc3n(n2)CCCC3C2CC(C(F)(F)F)CCC2F)CCC1n1cnc(C)c1. The van der Waals surface area contributed by atoms with Crippen LogP contribution in [0.4, 0.5) is 23.5 Å². The largest absolute Gasteiger partial charge is 0.391 e. The Morgan fingerprint density at radius 3 is 2.66 bits per heavy atom. The van der Waals surface area contributed by atoms with Gasteiger partial charge in [-0.05, 0) is 58.3 Å². The number of aromatic nitrogens is 5. The molecule has 11 heteroatoms. The van der Waals surface area contributed by atoms with Crippen LogP contribution in [-0.4, -0.2) is 55.9 Å². The molecule has 0 amide bonds. The van der Waals surface area contributed by atoms with E-state index in [4.69, 9.17) is 9.72 Å². The van der Waals surface area contributed by atoms with Gasteiger partial charge in [-0.25, -0.2) is 14.1 Å². The molecule has 7 atom stereocenters. The number of nitrogens with zero attached hydrogens (tertiary/aromatic N) is 5. The van der Waals surface area contributed by atoms with Crippen molar-refractivity contribution in [2.45, 2.75) is 101 Å². The van der Waals surface area contributed by atoms with E-state index in [1.165, 1.54) is 0 Å². The molecule has 2 aromatic rings. The van der Waals surface area contributed by atoms with E-state index in [0.717, 1.165) is 31.4 Å². The van der Waals surface area contributed by atoms with E-state index in [2.05, 4.69) is 20.0 Å². The fourth-order valence-electron chi connectivity index (χ4n) is 6.37. The summed E-state index contributed by atoms with van der Waals surface area (Å²) in [5.41, 5.74) is 0.970. The third-order valence-corrected chi connectivity index (χ3v) is 8.22. The van der Waals surface area contributed by atoms with Gasteiger partial charge in [-0.2, -0.15) is 18.2 Å². The standard InChI is InChI=1S/C24H34F4N6O/c1-14-12-33(13-29-14)20-8-6-16(11-21(20)35-2)30-23-31-22-17(4-3-9-34(22)32-23)18-10-15(24(26,27)28)5-7-19(18)25/h12-13,15-21H,3-11H2,1-2H3,(H,30,32). The molecular weight excluding hydrogens is 464 g/mol. The monoisotopic (exact) mass is 498 g/mol. The molecule has 5 rings (SSSR count). The molecule has 1 N–H and O–H groups in total. The van der Waals surface area contributed by atoms with Gasteiger partial charge in [0.05, 0.1) is 30.1 Å². The van der Waals surface area contributed by atoms with Gasteiger partial charge in [-0.3, -0.25) is 0 Å². The molecule has 7 unspecified atom stereocenters. The van der Waals surface area contributed by atoms with Crippen LogP contribution in [0.15, 0.2) is 12.5 Å². The highest BCUT2D eigenvalue weighted by Crippen LogP contribution is 2.48. The third-order valence-electron chi connectivity index (χ3n) is 8.22. The Balaban J connectivity index is 1.28. The zero-order chi connectivity index (χ0) is 24.7. The first-order valence-electron chi connectivity index (χ1n) is 12.7. The maximum atomic E-state index is 14.9. The lowest BCUT2D eigenvalue weighted by atomic mass is 9.71. The average Bonchev–Trinajstić information content (AvgIpc) is 3.44. The minimum absolute atomic E-state index is 0.00803. The summed E-state index contributed by atoms with van der Waals surface area (Å²) in [5, 5.41) is 8.03. The molecule has 2 saturated carbocycles. The van der Waals surface area contributed by atoms with Crippen LogP contribution in [0.25, 0.3) is 0 Å². The molecule has 3 aliphatic rings. The van der Waals surface area contributed by atoms with Crippen LogP contribution in [0.3, 0.4) is 0 Å². The number of nitrogens with one attached hydrogen (secondary N) is 1. The second-order valence-electron chi connectivity index (χ2n) is 10.5. The van der Waals surface area contributed by atoms with Gasteiger partial charge in [0.25, 0.3) is 0 Å². The quantitative estimate of drug-likeness (QED) is 0.574. The zero-order valence-electron chi connectivity index (χ0n) is 20.2. The van der Waals surface area contributed by atoms with E-state index in [1.807, 2.05) is 19.4 Å². The van der Waals surface area contributed by atoms with Crippen LogP contribution in [0.2, 0.25) is 0 Å². The summed E-state index contributed by atoms with van der Waals surface area (Å²) in [4.78, 5) is 9.02. The summed E-state index contributed by atoms with van der Waals surface area (Å²) in [7, 11) is 1.72. The minimum atomic E-state index is -4.28. The third kappa shape index (κ3) is 5.06. The number of halogens is 4. The molecule has 2 aliphatic carbocycles. The van der Waals surface area contributed by atoms with E-state index in [0.29, 0.717) is 24.7 Å². The van der Waals surface area contributed by atoms with Crippen molar-refractivity contribution in [1.82, 2.24) is 24.3 Å². The summed E-state index contributed by atoms with van der Waals surface area (Å²) in [6.07, 6.45) is 2.03. The van der Waals surface area contributed by atoms with E-state index in [-0.39, 0.29) is 43.4 Å². The zero-order valence-corrected chi connectivity index (χ0v) is 20.2. The fraction of sp³-hybridized carbons (Fsp3) is 0.792. The van der Waals surface area contributed by atoms with Crippen molar-refractivity contribution in [3.05, 3.63) is 24.0 Å². The van der Waals surface area contributed by atoms with Crippen molar-refractivity contribution >= 4 is 5.95 Å². The fourth-order valence-corrected chi connectivity index (χ4v) is 6.37. The average molecular weight is 499 g/mol. The number of anilines is 1. The lowest BCUT2D eigenvalue weighted by Crippen LogP contribution is -2.38. The topological polar surface area (TPSA) is 69.8 Å². The minimum Gasteiger partial charge on any atom is -0.379 e. The number of ether oxygens (including phenoxy) is 1. The maximum absolute atomic E-state index is 14.9. The Morgan fingerprint density at radius 2 is 1.94 bits per heavy atom. The number of alkyl halides is 4.